The first-order valence-electron chi connectivity index (χ1n) is 4.41. The Morgan fingerprint density at radius 3 is 2.86 bits per heavy atom. The molecule has 0 saturated heterocycles. The van der Waals surface area contributed by atoms with Crippen LogP contribution in [-0.2, 0) is 16.6 Å². The molecule has 5 heteroatoms. The van der Waals surface area contributed by atoms with Crippen LogP contribution in [0.4, 0.5) is 0 Å². The molecule has 0 saturated carbocycles. The zero-order valence-corrected chi connectivity index (χ0v) is 8.52. The molecule has 0 aliphatic heterocycles. The van der Waals surface area contributed by atoms with E-state index in [1.807, 2.05) is 0 Å². The lowest BCUT2D eigenvalue weighted by atomic mass is 10.1. The third kappa shape index (κ3) is 1.93. The summed E-state index contributed by atoms with van der Waals surface area (Å²) in [7, 11) is 1.75. The summed E-state index contributed by atoms with van der Waals surface area (Å²) < 4.78 is 6.29. The van der Waals surface area contributed by atoms with Crippen molar-refractivity contribution in [2.24, 2.45) is 7.05 Å². The number of aliphatic hydroxyl groups excluding tert-OH is 1. The van der Waals surface area contributed by atoms with Crippen LogP contribution in [0.15, 0.2) is 6.20 Å². The van der Waals surface area contributed by atoms with Gasteiger partial charge in [0.1, 0.15) is 0 Å². The molecule has 0 aromatic carbocycles. The van der Waals surface area contributed by atoms with E-state index in [9.17, 15) is 9.90 Å². The van der Waals surface area contributed by atoms with Gasteiger partial charge in [-0.1, -0.05) is 0 Å². The summed E-state index contributed by atoms with van der Waals surface area (Å²) in [5.41, 5.74) is 1.25. The van der Waals surface area contributed by atoms with E-state index in [0.717, 1.165) is 5.69 Å². The number of esters is 1. The Bertz CT molecular complexity index is 333. The average molecular weight is 198 g/mol. The Morgan fingerprint density at radius 1 is 1.79 bits per heavy atom. The standard InChI is InChI=1S/C9H14N2O3/c1-4-14-9(13)8(12)7-5-10-11(3)6(7)2/h5,8,12H,4H2,1-3H3. The zero-order valence-electron chi connectivity index (χ0n) is 8.52. The molecule has 5 nitrogen and oxygen atoms in total. The SMILES string of the molecule is CCOC(=O)C(O)c1cnn(C)c1C. The van der Waals surface area contributed by atoms with Gasteiger partial charge in [0.15, 0.2) is 6.10 Å². The van der Waals surface area contributed by atoms with Crippen LogP contribution in [0.1, 0.15) is 24.3 Å². The Balaban J connectivity index is 2.83. The first kappa shape index (κ1) is 10.7. The van der Waals surface area contributed by atoms with Crippen LogP contribution in [0.2, 0.25) is 0 Å². The first-order chi connectivity index (χ1) is 6.57. The van der Waals surface area contributed by atoms with E-state index in [0.29, 0.717) is 5.56 Å². The number of hydrogen-bond acceptors (Lipinski definition) is 4. The van der Waals surface area contributed by atoms with Crippen molar-refractivity contribution in [2.45, 2.75) is 20.0 Å². The number of aliphatic hydroxyl groups is 1. The number of nitrogens with zero attached hydrogens (tertiary/aromatic N) is 2. The van der Waals surface area contributed by atoms with E-state index in [2.05, 4.69) is 5.10 Å². The molecule has 1 atom stereocenters. The van der Waals surface area contributed by atoms with E-state index in [1.54, 1.807) is 25.6 Å². The van der Waals surface area contributed by atoms with Crippen LogP contribution in [0.25, 0.3) is 0 Å². The highest BCUT2D eigenvalue weighted by atomic mass is 16.5. The molecule has 1 unspecified atom stereocenters. The summed E-state index contributed by atoms with van der Waals surface area (Å²) in [6.45, 7) is 3.74. The molecule has 14 heavy (non-hydrogen) atoms. The Labute approximate surface area is 82.3 Å². The largest absolute Gasteiger partial charge is 0.464 e. The van der Waals surface area contributed by atoms with Crippen molar-refractivity contribution in [1.29, 1.82) is 0 Å². The predicted octanol–water partition coefficient (Wildman–Crippen LogP) is 0.325. The van der Waals surface area contributed by atoms with Gasteiger partial charge in [-0.25, -0.2) is 4.79 Å². The van der Waals surface area contributed by atoms with Crippen molar-refractivity contribution in [1.82, 2.24) is 9.78 Å². The molecule has 0 aliphatic rings. The minimum absolute atomic E-state index is 0.259. The van der Waals surface area contributed by atoms with Crippen molar-refractivity contribution >= 4 is 5.97 Å². The third-order valence-electron chi connectivity index (χ3n) is 2.08. The molecule has 0 bridgehead atoms. The second-order valence-corrected chi connectivity index (χ2v) is 2.96. The Hall–Kier alpha value is -1.36. The monoisotopic (exact) mass is 198 g/mol. The van der Waals surface area contributed by atoms with Gasteiger partial charge in [0, 0.05) is 18.3 Å². The van der Waals surface area contributed by atoms with Gasteiger partial charge >= 0.3 is 5.97 Å². The van der Waals surface area contributed by atoms with Gasteiger partial charge in [-0.3, -0.25) is 4.68 Å². The molecule has 1 aromatic rings. The Kier molecular flexibility index (Phi) is 3.24. The van der Waals surface area contributed by atoms with Crippen LogP contribution in [0.3, 0.4) is 0 Å². The van der Waals surface area contributed by atoms with Crippen molar-refractivity contribution in [3.05, 3.63) is 17.5 Å². The van der Waals surface area contributed by atoms with Gasteiger partial charge in [-0.2, -0.15) is 5.10 Å². The molecule has 1 N–H and O–H groups in total. The molecular formula is C9H14N2O3. The summed E-state index contributed by atoms with van der Waals surface area (Å²) in [4.78, 5) is 11.2. The highest BCUT2D eigenvalue weighted by Gasteiger charge is 2.22. The normalized spacial score (nSPS) is 12.6. The minimum atomic E-state index is -1.23. The molecule has 0 amide bonds. The number of rotatable bonds is 3. The molecular weight excluding hydrogens is 184 g/mol. The van der Waals surface area contributed by atoms with Gasteiger partial charge in [-0.05, 0) is 13.8 Å². The van der Waals surface area contributed by atoms with Crippen LogP contribution in [-0.4, -0.2) is 27.5 Å². The van der Waals surface area contributed by atoms with Gasteiger partial charge in [-0.15, -0.1) is 0 Å². The Morgan fingerprint density at radius 2 is 2.43 bits per heavy atom. The van der Waals surface area contributed by atoms with Crippen LogP contribution in [0.5, 0.6) is 0 Å². The number of carbonyl (C=O) groups is 1. The van der Waals surface area contributed by atoms with Gasteiger partial charge < -0.3 is 9.84 Å². The smallest absolute Gasteiger partial charge is 0.339 e. The fourth-order valence-corrected chi connectivity index (χ4v) is 1.13. The van der Waals surface area contributed by atoms with Crippen molar-refractivity contribution < 1.29 is 14.6 Å². The number of aromatic nitrogens is 2. The highest BCUT2D eigenvalue weighted by Crippen LogP contribution is 2.17. The fourth-order valence-electron chi connectivity index (χ4n) is 1.13. The summed E-state index contributed by atoms with van der Waals surface area (Å²) in [6, 6.07) is 0. The predicted molar refractivity (Wildman–Crippen MR) is 49.5 cm³/mol. The summed E-state index contributed by atoms with van der Waals surface area (Å²) in [5, 5.41) is 13.5. The summed E-state index contributed by atoms with van der Waals surface area (Å²) >= 11 is 0. The van der Waals surface area contributed by atoms with E-state index in [4.69, 9.17) is 4.74 Å². The van der Waals surface area contributed by atoms with Gasteiger partial charge in [0.05, 0.1) is 12.8 Å². The quantitative estimate of drug-likeness (QED) is 0.710. The van der Waals surface area contributed by atoms with Gasteiger partial charge in [0.2, 0.25) is 0 Å². The van der Waals surface area contributed by atoms with E-state index < -0.39 is 12.1 Å². The van der Waals surface area contributed by atoms with Crippen molar-refractivity contribution in [3.8, 4) is 0 Å². The molecule has 1 aromatic heterocycles. The van der Waals surface area contributed by atoms with E-state index in [-0.39, 0.29) is 6.61 Å². The maximum absolute atomic E-state index is 11.2. The third-order valence-corrected chi connectivity index (χ3v) is 2.08. The van der Waals surface area contributed by atoms with E-state index in [1.165, 1.54) is 6.20 Å². The lowest BCUT2D eigenvalue weighted by molar-refractivity contribution is -0.153. The molecule has 78 valence electrons. The van der Waals surface area contributed by atoms with Crippen molar-refractivity contribution in [3.63, 3.8) is 0 Å². The zero-order chi connectivity index (χ0) is 10.7. The van der Waals surface area contributed by atoms with Crippen LogP contribution in [0, 0.1) is 6.92 Å². The molecule has 0 fully saturated rings. The number of carbonyl (C=O) groups excluding carboxylic acids is 1. The highest BCUT2D eigenvalue weighted by molar-refractivity contribution is 5.76. The molecule has 0 radical (unpaired) electrons. The number of hydrogen-bond donors (Lipinski definition) is 1. The summed E-state index contributed by atoms with van der Waals surface area (Å²) in [5.74, 6) is -0.636. The van der Waals surface area contributed by atoms with Crippen molar-refractivity contribution in [2.75, 3.05) is 6.61 Å². The van der Waals surface area contributed by atoms with Gasteiger partial charge in [0.25, 0.3) is 0 Å². The lowest BCUT2D eigenvalue weighted by Gasteiger charge is -2.08. The molecule has 1 heterocycles. The minimum Gasteiger partial charge on any atom is -0.464 e. The summed E-state index contributed by atoms with van der Waals surface area (Å²) in [6.07, 6.45) is 0.236. The fraction of sp³-hybridized carbons (Fsp3) is 0.556. The maximum atomic E-state index is 11.2. The van der Waals surface area contributed by atoms with Crippen LogP contribution < -0.4 is 0 Å². The topological polar surface area (TPSA) is 64.3 Å². The maximum Gasteiger partial charge on any atom is 0.339 e. The lowest BCUT2D eigenvalue weighted by Crippen LogP contribution is -2.15. The molecule has 0 spiro atoms. The molecule has 1 rings (SSSR count). The van der Waals surface area contributed by atoms with Crippen LogP contribution >= 0.6 is 0 Å². The second-order valence-electron chi connectivity index (χ2n) is 2.96. The average Bonchev–Trinajstić information content (AvgIpc) is 2.47. The first-order valence-corrected chi connectivity index (χ1v) is 4.41. The number of aryl methyl sites for hydroxylation is 1. The number of ether oxygens (including phenoxy) is 1. The molecule has 0 aliphatic carbocycles. The second kappa shape index (κ2) is 4.23. The van der Waals surface area contributed by atoms with E-state index >= 15 is 0 Å².